The van der Waals surface area contributed by atoms with Gasteiger partial charge >= 0.3 is 0 Å². The van der Waals surface area contributed by atoms with Crippen LogP contribution < -0.4 is 11.1 Å². The highest BCUT2D eigenvalue weighted by Gasteiger charge is 2.13. The highest BCUT2D eigenvalue weighted by Crippen LogP contribution is 2.27. The number of carbonyl (C=O) groups excluding carboxylic acids is 1. The second-order valence-electron chi connectivity index (χ2n) is 6.36. The van der Waals surface area contributed by atoms with Gasteiger partial charge in [0.05, 0.1) is 11.7 Å². The molecule has 3 aromatic rings. The first-order valence-electron chi connectivity index (χ1n) is 8.06. The van der Waals surface area contributed by atoms with E-state index in [1.54, 1.807) is 10.9 Å². The number of nitrogens with one attached hydrogen (secondary N) is 1. The highest BCUT2D eigenvalue weighted by atomic mass is 16.2. The van der Waals surface area contributed by atoms with E-state index >= 15 is 0 Å². The van der Waals surface area contributed by atoms with Crippen molar-refractivity contribution in [3.05, 3.63) is 53.7 Å². The Kier molecular flexibility index (Phi) is 4.25. The Hall–Kier alpha value is -2.82. The average Bonchev–Trinajstić information content (AvgIpc) is 2.91. The maximum absolute atomic E-state index is 12.5. The summed E-state index contributed by atoms with van der Waals surface area (Å²) in [6, 6.07) is 11.6. The number of para-hydroxylation sites is 1. The van der Waals surface area contributed by atoms with Crippen LogP contribution in [0.25, 0.3) is 10.9 Å². The monoisotopic (exact) mass is 322 g/mol. The van der Waals surface area contributed by atoms with Crippen LogP contribution in [-0.4, -0.2) is 15.7 Å². The zero-order chi connectivity index (χ0) is 17.3. The van der Waals surface area contributed by atoms with Gasteiger partial charge in [-0.25, -0.2) is 0 Å². The number of anilines is 2. The number of hydrogen-bond donors (Lipinski definition) is 2. The molecular weight excluding hydrogens is 300 g/mol. The maximum atomic E-state index is 12.5. The van der Waals surface area contributed by atoms with Crippen LogP contribution in [0.1, 0.15) is 30.9 Å². The van der Waals surface area contributed by atoms with Crippen LogP contribution in [0.5, 0.6) is 0 Å². The Balaban J connectivity index is 1.85. The molecule has 0 spiro atoms. The summed E-state index contributed by atoms with van der Waals surface area (Å²) >= 11 is 0. The zero-order valence-electron chi connectivity index (χ0n) is 14.2. The topological polar surface area (TPSA) is 72.9 Å². The van der Waals surface area contributed by atoms with Crippen LogP contribution in [-0.2, 0) is 11.3 Å². The summed E-state index contributed by atoms with van der Waals surface area (Å²) in [5.74, 6) is 0.240. The van der Waals surface area contributed by atoms with Gasteiger partial charge in [0, 0.05) is 16.8 Å². The van der Waals surface area contributed by atoms with Crippen LogP contribution in [0.2, 0.25) is 0 Å². The SMILES string of the molecule is Cc1cccc(C(C)C)c1NC(=O)Cn1ncc2ccc(N)cc21. The lowest BCUT2D eigenvalue weighted by molar-refractivity contribution is -0.116. The summed E-state index contributed by atoms with van der Waals surface area (Å²) in [5, 5.41) is 8.31. The van der Waals surface area contributed by atoms with Crippen molar-refractivity contribution < 1.29 is 4.79 Å². The number of nitrogens with zero attached hydrogens (tertiary/aromatic N) is 2. The van der Waals surface area contributed by atoms with E-state index in [9.17, 15) is 4.79 Å². The Bertz CT molecular complexity index is 896. The van der Waals surface area contributed by atoms with E-state index in [4.69, 9.17) is 5.73 Å². The smallest absolute Gasteiger partial charge is 0.246 e. The molecule has 3 N–H and O–H groups in total. The minimum atomic E-state index is -0.0985. The summed E-state index contributed by atoms with van der Waals surface area (Å²) in [7, 11) is 0. The summed E-state index contributed by atoms with van der Waals surface area (Å²) < 4.78 is 1.67. The van der Waals surface area contributed by atoms with E-state index in [2.05, 4.69) is 30.3 Å². The third kappa shape index (κ3) is 3.11. The van der Waals surface area contributed by atoms with Gasteiger partial charge in [-0.05, 0) is 42.2 Å². The Morgan fingerprint density at radius 1 is 1.29 bits per heavy atom. The number of carbonyl (C=O) groups is 1. The van der Waals surface area contributed by atoms with Crippen LogP contribution in [0.15, 0.2) is 42.6 Å². The van der Waals surface area contributed by atoms with Crippen molar-refractivity contribution in [3.63, 3.8) is 0 Å². The van der Waals surface area contributed by atoms with Crippen molar-refractivity contribution >= 4 is 28.2 Å². The highest BCUT2D eigenvalue weighted by molar-refractivity contribution is 5.93. The number of benzene rings is 2. The largest absolute Gasteiger partial charge is 0.399 e. The Labute approximate surface area is 141 Å². The molecule has 0 saturated heterocycles. The van der Waals surface area contributed by atoms with Gasteiger partial charge in [0.15, 0.2) is 0 Å². The second-order valence-corrected chi connectivity index (χ2v) is 6.36. The van der Waals surface area contributed by atoms with E-state index < -0.39 is 0 Å². The molecule has 0 radical (unpaired) electrons. The van der Waals surface area contributed by atoms with Gasteiger partial charge in [0.2, 0.25) is 5.91 Å². The minimum absolute atomic E-state index is 0.0985. The molecule has 0 atom stereocenters. The molecule has 0 aliphatic rings. The molecule has 0 unspecified atom stereocenters. The second kappa shape index (κ2) is 6.35. The van der Waals surface area contributed by atoms with E-state index in [1.807, 2.05) is 37.3 Å². The molecule has 0 fully saturated rings. The standard InChI is InChI=1S/C19H22N4O/c1-12(2)16-6-4-5-13(3)19(16)22-18(24)11-23-17-9-15(20)8-7-14(17)10-21-23/h4-10,12H,11,20H2,1-3H3,(H,22,24). The van der Waals surface area contributed by atoms with Gasteiger partial charge < -0.3 is 11.1 Å². The third-order valence-corrected chi connectivity index (χ3v) is 4.15. The quantitative estimate of drug-likeness (QED) is 0.720. The number of amides is 1. The number of fused-ring (bicyclic) bond motifs is 1. The summed E-state index contributed by atoms with van der Waals surface area (Å²) in [5.41, 5.74) is 10.4. The number of aromatic nitrogens is 2. The van der Waals surface area contributed by atoms with Crippen molar-refractivity contribution in [1.29, 1.82) is 0 Å². The van der Waals surface area contributed by atoms with Crippen molar-refractivity contribution in [3.8, 4) is 0 Å². The first-order chi connectivity index (χ1) is 11.5. The molecule has 1 amide bonds. The number of nitrogen functional groups attached to an aromatic ring is 1. The fourth-order valence-electron chi connectivity index (χ4n) is 2.87. The van der Waals surface area contributed by atoms with Crippen molar-refractivity contribution in [2.24, 2.45) is 0 Å². The van der Waals surface area contributed by atoms with Crippen LogP contribution in [0.3, 0.4) is 0 Å². The first kappa shape index (κ1) is 16.1. The van der Waals surface area contributed by atoms with Crippen LogP contribution in [0.4, 0.5) is 11.4 Å². The molecule has 3 rings (SSSR count). The van der Waals surface area contributed by atoms with E-state index in [-0.39, 0.29) is 12.5 Å². The molecule has 2 aromatic carbocycles. The molecule has 24 heavy (non-hydrogen) atoms. The normalized spacial score (nSPS) is 11.2. The molecule has 1 heterocycles. The fourth-order valence-corrected chi connectivity index (χ4v) is 2.87. The number of rotatable bonds is 4. The van der Waals surface area contributed by atoms with Crippen molar-refractivity contribution in [2.45, 2.75) is 33.2 Å². The summed E-state index contributed by atoms with van der Waals surface area (Å²) in [6.45, 7) is 6.40. The van der Waals surface area contributed by atoms with Gasteiger partial charge in [0.25, 0.3) is 0 Å². The lowest BCUT2D eigenvalue weighted by atomic mass is 9.98. The van der Waals surface area contributed by atoms with Crippen molar-refractivity contribution in [2.75, 3.05) is 11.1 Å². The van der Waals surface area contributed by atoms with Gasteiger partial charge in [0.1, 0.15) is 6.54 Å². The van der Waals surface area contributed by atoms with E-state index in [0.29, 0.717) is 11.6 Å². The van der Waals surface area contributed by atoms with Gasteiger partial charge in [-0.3, -0.25) is 9.48 Å². The fraction of sp³-hybridized carbons (Fsp3) is 0.263. The Morgan fingerprint density at radius 2 is 2.08 bits per heavy atom. The molecule has 124 valence electrons. The molecule has 0 aliphatic carbocycles. The van der Waals surface area contributed by atoms with Crippen LogP contribution in [0, 0.1) is 6.92 Å². The summed E-state index contributed by atoms with van der Waals surface area (Å²) in [6.07, 6.45) is 1.75. The van der Waals surface area contributed by atoms with E-state index in [0.717, 1.165) is 27.7 Å². The predicted molar refractivity (Wildman–Crippen MR) is 98.0 cm³/mol. The number of nitrogens with two attached hydrogens (primary N) is 1. The first-order valence-corrected chi connectivity index (χ1v) is 8.06. The van der Waals surface area contributed by atoms with Crippen molar-refractivity contribution in [1.82, 2.24) is 9.78 Å². The molecule has 0 saturated carbocycles. The number of aryl methyl sites for hydroxylation is 1. The van der Waals surface area contributed by atoms with Gasteiger partial charge in [-0.2, -0.15) is 5.10 Å². The van der Waals surface area contributed by atoms with Gasteiger partial charge in [-0.1, -0.05) is 32.0 Å². The molecule has 0 bridgehead atoms. The predicted octanol–water partition coefficient (Wildman–Crippen LogP) is 3.69. The molecule has 0 aliphatic heterocycles. The average molecular weight is 322 g/mol. The lowest BCUT2D eigenvalue weighted by Gasteiger charge is -2.16. The number of hydrogen-bond acceptors (Lipinski definition) is 3. The third-order valence-electron chi connectivity index (χ3n) is 4.15. The molecule has 1 aromatic heterocycles. The van der Waals surface area contributed by atoms with E-state index in [1.165, 1.54) is 0 Å². The maximum Gasteiger partial charge on any atom is 0.246 e. The lowest BCUT2D eigenvalue weighted by Crippen LogP contribution is -2.21. The summed E-state index contributed by atoms with van der Waals surface area (Å²) in [4.78, 5) is 12.5. The molecule has 5 nitrogen and oxygen atoms in total. The van der Waals surface area contributed by atoms with Crippen LogP contribution >= 0.6 is 0 Å². The molecule has 5 heteroatoms. The Morgan fingerprint density at radius 3 is 2.83 bits per heavy atom. The zero-order valence-corrected chi connectivity index (χ0v) is 14.2. The minimum Gasteiger partial charge on any atom is -0.399 e. The van der Waals surface area contributed by atoms with Gasteiger partial charge in [-0.15, -0.1) is 0 Å². The molecular formula is C19H22N4O.